The Labute approximate surface area is 217 Å². The van der Waals surface area contributed by atoms with Crippen LogP contribution in [0.5, 0.6) is 0 Å². The zero-order valence-corrected chi connectivity index (χ0v) is 21.4. The first-order chi connectivity index (χ1) is 17.7. The number of nitrogens with one attached hydrogen (secondary N) is 1. The Balaban J connectivity index is 1.20. The van der Waals surface area contributed by atoms with Gasteiger partial charge in [-0.15, -0.1) is 11.8 Å². The van der Waals surface area contributed by atoms with Crippen molar-refractivity contribution in [3.05, 3.63) is 107 Å². The average molecular weight is 500 g/mol. The summed E-state index contributed by atoms with van der Waals surface area (Å²) < 4.78 is 0. The third-order valence-corrected chi connectivity index (χ3v) is 8.28. The Kier molecular flexibility index (Phi) is 8.04. The van der Waals surface area contributed by atoms with Crippen LogP contribution in [0, 0.1) is 0 Å². The summed E-state index contributed by atoms with van der Waals surface area (Å²) in [4.78, 5) is 29.9. The Hall–Kier alpha value is -3.09. The van der Waals surface area contributed by atoms with Gasteiger partial charge in [0.1, 0.15) is 5.37 Å². The predicted molar refractivity (Wildman–Crippen MR) is 145 cm³/mol. The first-order valence-electron chi connectivity index (χ1n) is 12.8. The molecule has 5 nitrogen and oxygen atoms in total. The lowest BCUT2D eigenvalue weighted by Gasteiger charge is -2.27. The van der Waals surface area contributed by atoms with E-state index in [1.54, 1.807) is 11.8 Å². The van der Waals surface area contributed by atoms with Crippen LogP contribution in [0.1, 0.15) is 57.2 Å². The standard InChI is InChI=1S/C30H33N3O2S/c34-28-22-36-30(33(28)20-23-9-3-1-4-10-23)25-15-13-24(14-16-25)29(35)31-19-26-11-5-6-12-27(26)21-32-17-7-2-8-18-32/h1,3-6,9-16,30H,2,7-8,17-22H2,(H,31,35)/t30-/m0/s1. The molecule has 1 atom stereocenters. The highest BCUT2D eigenvalue weighted by Gasteiger charge is 2.32. The van der Waals surface area contributed by atoms with Gasteiger partial charge >= 0.3 is 0 Å². The molecule has 186 valence electrons. The fourth-order valence-electron chi connectivity index (χ4n) is 5.00. The van der Waals surface area contributed by atoms with E-state index in [0.717, 1.165) is 30.8 Å². The largest absolute Gasteiger partial charge is 0.348 e. The summed E-state index contributed by atoms with van der Waals surface area (Å²) in [6, 6.07) is 26.2. The SMILES string of the molecule is O=C(NCc1ccccc1CN1CCCCC1)c1ccc([C@@H]2SCC(=O)N2Cc2ccccc2)cc1. The molecule has 3 aromatic rings. The molecule has 0 unspecified atom stereocenters. The lowest BCUT2D eigenvalue weighted by atomic mass is 10.0. The number of amides is 2. The second kappa shape index (κ2) is 11.8. The topological polar surface area (TPSA) is 52.7 Å². The maximum Gasteiger partial charge on any atom is 0.251 e. The predicted octanol–water partition coefficient (Wildman–Crippen LogP) is 5.38. The number of benzene rings is 3. The minimum Gasteiger partial charge on any atom is -0.348 e. The molecule has 2 heterocycles. The van der Waals surface area contributed by atoms with E-state index in [2.05, 4.69) is 28.4 Å². The number of nitrogens with zero attached hydrogens (tertiary/aromatic N) is 2. The molecule has 2 fully saturated rings. The van der Waals surface area contributed by atoms with Gasteiger partial charge in [-0.05, 0) is 60.3 Å². The van der Waals surface area contributed by atoms with E-state index in [9.17, 15) is 9.59 Å². The van der Waals surface area contributed by atoms with Crippen molar-refractivity contribution in [1.29, 1.82) is 0 Å². The number of carbonyl (C=O) groups is 2. The summed E-state index contributed by atoms with van der Waals surface area (Å²) in [5, 5.41) is 3.07. The first kappa shape index (κ1) is 24.6. The van der Waals surface area contributed by atoms with Gasteiger partial charge in [0, 0.05) is 25.2 Å². The van der Waals surface area contributed by atoms with Crippen LogP contribution >= 0.6 is 11.8 Å². The molecular weight excluding hydrogens is 466 g/mol. The number of thioether (sulfide) groups is 1. The smallest absolute Gasteiger partial charge is 0.251 e. The van der Waals surface area contributed by atoms with E-state index >= 15 is 0 Å². The third-order valence-electron chi connectivity index (χ3n) is 7.02. The van der Waals surface area contributed by atoms with Crippen LogP contribution in [0.4, 0.5) is 0 Å². The molecule has 2 saturated heterocycles. The van der Waals surface area contributed by atoms with Crippen molar-refractivity contribution in [2.24, 2.45) is 0 Å². The highest BCUT2D eigenvalue weighted by molar-refractivity contribution is 8.00. The van der Waals surface area contributed by atoms with Crippen LogP contribution in [0.2, 0.25) is 0 Å². The van der Waals surface area contributed by atoms with Gasteiger partial charge in [0.2, 0.25) is 5.91 Å². The number of likely N-dealkylation sites (tertiary alicyclic amines) is 1. The van der Waals surface area contributed by atoms with E-state index in [0.29, 0.717) is 24.4 Å². The minimum atomic E-state index is -0.0781. The zero-order valence-electron chi connectivity index (χ0n) is 20.6. The van der Waals surface area contributed by atoms with E-state index in [1.807, 2.05) is 65.6 Å². The van der Waals surface area contributed by atoms with Crippen molar-refractivity contribution < 1.29 is 9.59 Å². The number of hydrogen-bond donors (Lipinski definition) is 1. The Bertz CT molecular complexity index is 1180. The van der Waals surface area contributed by atoms with Gasteiger partial charge in [-0.25, -0.2) is 0 Å². The summed E-state index contributed by atoms with van der Waals surface area (Å²) in [7, 11) is 0. The summed E-state index contributed by atoms with van der Waals surface area (Å²) in [5.74, 6) is 0.556. The highest BCUT2D eigenvalue weighted by Crippen LogP contribution is 2.39. The van der Waals surface area contributed by atoms with Gasteiger partial charge in [-0.1, -0.05) is 73.2 Å². The molecule has 0 aromatic heterocycles. The molecule has 2 aliphatic heterocycles. The van der Waals surface area contributed by atoms with E-state index in [-0.39, 0.29) is 17.2 Å². The van der Waals surface area contributed by atoms with Gasteiger partial charge in [0.15, 0.2) is 0 Å². The molecule has 5 rings (SSSR count). The third kappa shape index (κ3) is 6.00. The molecule has 36 heavy (non-hydrogen) atoms. The second-order valence-electron chi connectivity index (χ2n) is 9.58. The molecule has 3 aromatic carbocycles. The fraction of sp³-hybridized carbons (Fsp3) is 0.333. The molecule has 0 saturated carbocycles. The van der Waals surface area contributed by atoms with Crippen LogP contribution in [0.25, 0.3) is 0 Å². The Morgan fingerprint density at radius 1 is 0.833 bits per heavy atom. The van der Waals surface area contributed by atoms with Crippen LogP contribution in [-0.2, 0) is 24.4 Å². The average Bonchev–Trinajstić information content (AvgIpc) is 3.29. The summed E-state index contributed by atoms with van der Waals surface area (Å²) in [5.41, 5.74) is 5.26. The quantitative estimate of drug-likeness (QED) is 0.452. The first-order valence-corrected chi connectivity index (χ1v) is 13.8. The van der Waals surface area contributed by atoms with Crippen LogP contribution in [0.3, 0.4) is 0 Å². The lowest BCUT2D eigenvalue weighted by molar-refractivity contribution is -0.128. The number of piperidine rings is 1. The van der Waals surface area contributed by atoms with Gasteiger partial charge in [0.05, 0.1) is 5.75 Å². The number of carbonyl (C=O) groups excluding carboxylic acids is 2. The van der Waals surface area contributed by atoms with Gasteiger partial charge < -0.3 is 10.2 Å². The molecule has 1 N–H and O–H groups in total. The van der Waals surface area contributed by atoms with Crippen molar-refractivity contribution in [2.75, 3.05) is 18.8 Å². The van der Waals surface area contributed by atoms with Crippen molar-refractivity contribution in [3.8, 4) is 0 Å². The second-order valence-corrected chi connectivity index (χ2v) is 10.6. The maximum absolute atomic E-state index is 12.9. The van der Waals surface area contributed by atoms with Gasteiger partial charge in [0.25, 0.3) is 5.91 Å². The molecule has 2 amide bonds. The van der Waals surface area contributed by atoms with Crippen LogP contribution in [-0.4, -0.2) is 40.5 Å². The van der Waals surface area contributed by atoms with Gasteiger partial charge in [-0.3, -0.25) is 14.5 Å². The molecule has 0 spiro atoms. The normalized spacial score (nSPS) is 18.4. The van der Waals surface area contributed by atoms with Crippen molar-refractivity contribution in [3.63, 3.8) is 0 Å². The van der Waals surface area contributed by atoms with Crippen molar-refractivity contribution >= 4 is 23.6 Å². The molecule has 0 aliphatic carbocycles. The Morgan fingerprint density at radius 3 is 2.28 bits per heavy atom. The summed E-state index contributed by atoms with van der Waals surface area (Å²) in [6.07, 6.45) is 3.87. The molecule has 0 radical (unpaired) electrons. The van der Waals surface area contributed by atoms with Crippen LogP contribution < -0.4 is 5.32 Å². The molecule has 2 aliphatic rings. The minimum absolute atomic E-state index is 0.0310. The van der Waals surface area contributed by atoms with Crippen molar-refractivity contribution in [1.82, 2.24) is 15.1 Å². The van der Waals surface area contributed by atoms with E-state index in [1.165, 1.54) is 30.4 Å². The fourth-order valence-corrected chi connectivity index (χ4v) is 6.19. The maximum atomic E-state index is 12.9. The summed E-state index contributed by atoms with van der Waals surface area (Å²) >= 11 is 1.64. The zero-order chi connectivity index (χ0) is 24.7. The van der Waals surface area contributed by atoms with Gasteiger partial charge in [-0.2, -0.15) is 0 Å². The van der Waals surface area contributed by atoms with E-state index < -0.39 is 0 Å². The monoisotopic (exact) mass is 499 g/mol. The lowest BCUT2D eigenvalue weighted by Crippen LogP contribution is -2.30. The highest BCUT2D eigenvalue weighted by atomic mass is 32.2. The van der Waals surface area contributed by atoms with Crippen LogP contribution in [0.15, 0.2) is 78.9 Å². The molecule has 0 bridgehead atoms. The number of rotatable bonds is 8. The number of hydrogen-bond acceptors (Lipinski definition) is 4. The van der Waals surface area contributed by atoms with E-state index in [4.69, 9.17) is 0 Å². The Morgan fingerprint density at radius 2 is 1.53 bits per heavy atom. The molecule has 6 heteroatoms. The molecular formula is C30H33N3O2S. The van der Waals surface area contributed by atoms with Crippen molar-refractivity contribution in [2.45, 2.75) is 44.3 Å². The summed E-state index contributed by atoms with van der Waals surface area (Å²) in [6.45, 7) is 4.36.